The fourth-order valence-electron chi connectivity index (χ4n) is 13.1. The molecule has 0 aromatic rings. The zero-order valence-corrected chi connectivity index (χ0v) is 23.6. The molecule has 6 saturated carbocycles. The zero-order valence-electron chi connectivity index (χ0n) is 23.6. The van der Waals surface area contributed by atoms with Crippen molar-refractivity contribution in [2.45, 2.75) is 132 Å². The van der Waals surface area contributed by atoms with Gasteiger partial charge >= 0.3 is 0 Å². The first-order chi connectivity index (χ1) is 15.4. The van der Waals surface area contributed by atoms with Crippen molar-refractivity contribution >= 4 is 0 Å². The van der Waals surface area contributed by atoms with E-state index in [1.54, 1.807) is 57.8 Å². The van der Waals surface area contributed by atoms with Crippen LogP contribution in [0.3, 0.4) is 0 Å². The highest BCUT2D eigenvalue weighted by Gasteiger charge is 2.80. The molecular formula is C33H56. The molecule has 0 radical (unpaired) electrons. The standard InChI is InChI=1S/C33H56/c1-9-24(29(3,4)5)22-10-11-25-23(18-22)19-27-26-12-13-28-30(6,7)21(2)14-15-33(28)20-32(26,33)17-16-31(25,27)8/h21-28H,9-20H2,1-8H3/t21?,22?,23?,24-,25?,26?,27?,28?,31+,32-,33+/m0/s1. The summed E-state index contributed by atoms with van der Waals surface area (Å²) in [5.41, 5.74) is 3.29. The average Bonchev–Trinajstić information content (AvgIpc) is 3.31. The monoisotopic (exact) mass is 452 g/mol. The fraction of sp³-hybridized carbons (Fsp3) is 1.00. The molecule has 6 aliphatic rings. The molecule has 0 nitrogen and oxygen atoms in total. The third kappa shape index (κ3) is 2.88. The summed E-state index contributed by atoms with van der Waals surface area (Å²) in [5.74, 6) is 8.15. The Morgan fingerprint density at radius 2 is 1.52 bits per heavy atom. The van der Waals surface area contributed by atoms with E-state index in [1.165, 1.54) is 19.3 Å². The molecule has 33 heavy (non-hydrogen) atoms. The van der Waals surface area contributed by atoms with E-state index in [4.69, 9.17) is 0 Å². The van der Waals surface area contributed by atoms with E-state index < -0.39 is 0 Å². The van der Waals surface area contributed by atoms with Gasteiger partial charge in [-0.3, -0.25) is 0 Å². The molecule has 0 amide bonds. The fourth-order valence-corrected chi connectivity index (χ4v) is 13.1. The van der Waals surface area contributed by atoms with E-state index in [1.807, 2.05) is 0 Å². The summed E-state index contributed by atoms with van der Waals surface area (Å²) in [6.07, 6.45) is 18.8. The summed E-state index contributed by atoms with van der Waals surface area (Å²) < 4.78 is 0. The third-order valence-electron chi connectivity index (χ3n) is 14.8. The number of fused-ring (bicyclic) bond motifs is 4. The minimum Gasteiger partial charge on any atom is -0.0651 e. The Labute approximate surface area is 206 Å². The molecule has 2 spiro atoms. The first kappa shape index (κ1) is 23.4. The van der Waals surface area contributed by atoms with Crippen LogP contribution in [0, 0.1) is 74.4 Å². The van der Waals surface area contributed by atoms with Crippen molar-refractivity contribution in [1.29, 1.82) is 0 Å². The van der Waals surface area contributed by atoms with Crippen molar-refractivity contribution in [2.24, 2.45) is 74.4 Å². The molecule has 0 aromatic heterocycles. The number of hydrogen-bond acceptors (Lipinski definition) is 0. The van der Waals surface area contributed by atoms with Gasteiger partial charge in [0.15, 0.2) is 0 Å². The molecule has 0 bridgehead atoms. The molecule has 0 aliphatic heterocycles. The van der Waals surface area contributed by atoms with Crippen molar-refractivity contribution in [3.8, 4) is 0 Å². The first-order valence-electron chi connectivity index (χ1n) is 15.4. The lowest BCUT2D eigenvalue weighted by Gasteiger charge is -2.59. The lowest BCUT2D eigenvalue weighted by atomic mass is 9.45. The largest absolute Gasteiger partial charge is 0.0651 e. The Balaban J connectivity index is 1.26. The highest BCUT2D eigenvalue weighted by atomic mass is 14.8. The Bertz CT molecular complexity index is 784. The summed E-state index contributed by atoms with van der Waals surface area (Å²) in [4.78, 5) is 0. The molecule has 7 unspecified atom stereocenters. The van der Waals surface area contributed by atoms with Gasteiger partial charge in [-0.15, -0.1) is 0 Å². The second kappa shape index (κ2) is 7.06. The Morgan fingerprint density at radius 1 is 0.788 bits per heavy atom. The lowest BCUT2D eigenvalue weighted by molar-refractivity contribution is -0.109. The molecular weight excluding hydrogens is 396 g/mol. The maximum absolute atomic E-state index is 2.81. The second-order valence-electron chi connectivity index (χ2n) is 16.7. The van der Waals surface area contributed by atoms with Crippen molar-refractivity contribution in [2.75, 3.05) is 0 Å². The molecule has 6 aliphatic carbocycles. The van der Waals surface area contributed by atoms with Crippen LogP contribution >= 0.6 is 0 Å². The van der Waals surface area contributed by atoms with Crippen LogP contribution in [-0.4, -0.2) is 0 Å². The topological polar surface area (TPSA) is 0 Å². The van der Waals surface area contributed by atoms with E-state index in [9.17, 15) is 0 Å². The SMILES string of the molecule is CC[C@@H](C1CCC2C(C1)CC1C3CCC4C(C)(C)C(C)CC[C@@]45C[C@@]35CC[C@]21C)C(C)(C)C. The van der Waals surface area contributed by atoms with Crippen molar-refractivity contribution < 1.29 is 0 Å². The van der Waals surface area contributed by atoms with Crippen LogP contribution < -0.4 is 0 Å². The van der Waals surface area contributed by atoms with Crippen LogP contribution in [0.1, 0.15) is 132 Å². The van der Waals surface area contributed by atoms with Crippen molar-refractivity contribution in [3.05, 3.63) is 0 Å². The molecule has 6 fully saturated rings. The zero-order chi connectivity index (χ0) is 23.6. The number of hydrogen-bond donors (Lipinski definition) is 0. The van der Waals surface area contributed by atoms with Crippen molar-refractivity contribution in [3.63, 3.8) is 0 Å². The smallest absolute Gasteiger partial charge is 0.0199 e. The number of rotatable bonds is 2. The minimum atomic E-state index is 0.481. The maximum Gasteiger partial charge on any atom is -0.0199 e. The minimum absolute atomic E-state index is 0.481. The lowest BCUT2D eigenvalue weighted by Crippen LogP contribution is -2.52. The summed E-state index contributed by atoms with van der Waals surface area (Å²) in [6.45, 7) is 20.7. The van der Waals surface area contributed by atoms with E-state index in [-0.39, 0.29) is 0 Å². The van der Waals surface area contributed by atoms with Gasteiger partial charge in [-0.2, -0.15) is 0 Å². The highest BCUT2D eigenvalue weighted by molar-refractivity contribution is 5.28. The van der Waals surface area contributed by atoms with E-state index in [2.05, 4.69) is 55.4 Å². The molecule has 188 valence electrons. The quantitative estimate of drug-likeness (QED) is 0.391. The van der Waals surface area contributed by atoms with Gasteiger partial charge in [0, 0.05) is 0 Å². The highest BCUT2D eigenvalue weighted by Crippen LogP contribution is 2.87. The molecule has 11 atom stereocenters. The molecule has 0 heteroatoms. The van der Waals surface area contributed by atoms with E-state index >= 15 is 0 Å². The van der Waals surface area contributed by atoms with Crippen LogP contribution in [0.4, 0.5) is 0 Å². The van der Waals surface area contributed by atoms with Gasteiger partial charge in [-0.1, -0.05) is 61.8 Å². The molecule has 0 saturated heterocycles. The van der Waals surface area contributed by atoms with E-state index in [0.717, 1.165) is 58.2 Å². The van der Waals surface area contributed by atoms with Crippen LogP contribution in [0.25, 0.3) is 0 Å². The van der Waals surface area contributed by atoms with Crippen LogP contribution in [0.2, 0.25) is 0 Å². The van der Waals surface area contributed by atoms with Crippen molar-refractivity contribution in [1.82, 2.24) is 0 Å². The normalized spacial score (nSPS) is 55.5. The Morgan fingerprint density at radius 3 is 2.21 bits per heavy atom. The van der Waals surface area contributed by atoms with Gasteiger partial charge in [0.1, 0.15) is 0 Å². The third-order valence-corrected chi connectivity index (χ3v) is 14.8. The van der Waals surface area contributed by atoms with Crippen LogP contribution in [0.5, 0.6) is 0 Å². The molecule has 6 rings (SSSR count). The van der Waals surface area contributed by atoms with Gasteiger partial charge in [-0.05, 0) is 145 Å². The Kier molecular flexibility index (Phi) is 5.01. The summed E-state index contributed by atoms with van der Waals surface area (Å²) in [7, 11) is 0. The van der Waals surface area contributed by atoms with E-state index in [0.29, 0.717) is 16.2 Å². The molecule has 0 N–H and O–H groups in total. The van der Waals surface area contributed by atoms with Gasteiger partial charge in [-0.25, -0.2) is 0 Å². The molecule has 0 aromatic carbocycles. The Hall–Kier alpha value is 0. The predicted octanol–water partition coefficient (Wildman–Crippen LogP) is 9.77. The van der Waals surface area contributed by atoms with Gasteiger partial charge in [0.05, 0.1) is 0 Å². The van der Waals surface area contributed by atoms with Gasteiger partial charge < -0.3 is 0 Å². The average molecular weight is 453 g/mol. The summed E-state index contributed by atoms with van der Waals surface area (Å²) >= 11 is 0. The van der Waals surface area contributed by atoms with Gasteiger partial charge in [0.2, 0.25) is 0 Å². The maximum atomic E-state index is 2.81. The van der Waals surface area contributed by atoms with Crippen LogP contribution in [0.15, 0.2) is 0 Å². The van der Waals surface area contributed by atoms with Crippen LogP contribution in [-0.2, 0) is 0 Å². The summed E-state index contributed by atoms with van der Waals surface area (Å²) in [5, 5.41) is 0. The predicted molar refractivity (Wildman–Crippen MR) is 141 cm³/mol. The summed E-state index contributed by atoms with van der Waals surface area (Å²) in [6, 6.07) is 0. The molecule has 0 heterocycles. The van der Waals surface area contributed by atoms with Gasteiger partial charge in [0.25, 0.3) is 0 Å². The second-order valence-corrected chi connectivity index (χ2v) is 16.7. The first-order valence-corrected chi connectivity index (χ1v) is 15.4.